The summed E-state index contributed by atoms with van der Waals surface area (Å²) >= 11 is 15.6. The van der Waals surface area contributed by atoms with Crippen molar-refractivity contribution in [1.29, 1.82) is 0 Å². The lowest BCUT2D eigenvalue weighted by molar-refractivity contribution is 0.0783. The van der Waals surface area contributed by atoms with Gasteiger partial charge in [-0.2, -0.15) is 0 Å². The Morgan fingerprint density at radius 1 is 0.652 bits per heavy atom. The molecule has 0 N–H and O–H groups in total. The summed E-state index contributed by atoms with van der Waals surface area (Å²) in [5.74, 6) is 0. The van der Waals surface area contributed by atoms with Gasteiger partial charge in [0.05, 0.1) is 0 Å². The van der Waals surface area contributed by atoms with Crippen LogP contribution in [0.5, 0.6) is 0 Å². The van der Waals surface area contributed by atoms with Gasteiger partial charge in [0, 0.05) is 40.6 Å². The summed E-state index contributed by atoms with van der Waals surface area (Å²) in [7, 11) is -0.548. The first-order chi connectivity index (χ1) is 10.3. The zero-order valence-corrected chi connectivity index (χ0v) is 21.1. The van der Waals surface area contributed by atoms with Crippen LogP contribution in [0.1, 0.15) is 20.8 Å². The Kier molecular flexibility index (Phi) is 19.7. The van der Waals surface area contributed by atoms with Gasteiger partial charge in [-0.05, 0) is 40.4 Å². The molecule has 0 heterocycles. The molecular weight excluding hydrogens is 415 g/mol. The monoisotopic (exact) mass is 446 g/mol. The summed E-state index contributed by atoms with van der Waals surface area (Å²) in [6.45, 7) is 15.3. The van der Waals surface area contributed by atoms with Crippen molar-refractivity contribution >= 4 is 56.6 Å². The molecule has 0 aliphatic heterocycles. The molecule has 144 valence electrons. The zero-order chi connectivity index (χ0) is 19.2. The molecule has 0 unspecified atom stereocenters. The Bertz CT molecular complexity index is 240. The fraction of sp³-hybridized carbons (Fsp3) is 1.00. The van der Waals surface area contributed by atoms with Gasteiger partial charge >= 0.3 is 23.4 Å². The van der Waals surface area contributed by atoms with Crippen LogP contribution in [0.2, 0.25) is 26.2 Å². The van der Waals surface area contributed by atoms with Gasteiger partial charge in [0.1, 0.15) is 0 Å². The van der Waals surface area contributed by atoms with E-state index in [0.29, 0.717) is 19.8 Å². The predicted molar refractivity (Wildman–Crippen MR) is 107 cm³/mol. The molecule has 0 spiro atoms. The topological polar surface area (TPSA) is 46.2 Å². The Morgan fingerprint density at radius 2 is 0.870 bits per heavy atom. The van der Waals surface area contributed by atoms with Crippen LogP contribution in [0, 0.1) is 0 Å². The first kappa shape index (κ1) is 29.1. The third kappa shape index (κ3) is 28.4. The molecule has 0 radical (unpaired) electrons. The standard InChI is InChI=1S/C7H18O3Si.C4H12O2Si.CH3Cl3Si/c1-5-8-11(4,9-6-2)10-7-3;1-5-7(3,4)6-2;1-5(2,3)4/h5-7H2,1-4H3;1-4H3;1H3. The molecule has 0 amide bonds. The molecule has 0 aromatic rings. The van der Waals surface area contributed by atoms with Crippen molar-refractivity contribution < 1.29 is 22.1 Å². The van der Waals surface area contributed by atoms with Gasteiger partial charge in [-0.3, -0.25) is 0 Å². The third-order valence-corrected chi connectivity index (χ3v) is 6.61. The van der Waals surface area contributed by atoms with Crippen LogP contribution >= 0.6 is 33.2 Å². The summed E-state index contributed by atoms with van der Waals surface area (Å²) < 4.78 is 26.2. The molecule has 5 nitrogen and oxygen atoms in total. The van der Waals surface area contributed by atoms with Gasteiger partial charge in [0.2, 0.25) is 0 Å². The SMILES string of the molecule is CCO[Si](C)(OCC)OCC.CO[Si](C)(C)OC.C[Si](Cl)(Cl)Cl. The van der Waals surface area contributed by atoms with Crippen LogP contribution in [0.15, 0.2) is 0 Å². The highest BCUT2D eigenvalue weighted by Crippen LogP contribution is 2.17. The maximum atomic E-state index is 5.40. The van der Waals surface area contributed by atoms with E-state index in [4.69, 9.17) is 55.4 Å². The van der Waals surface area contributed by atoms with Crippen molar-refractivity contribution in [2.45, 2.75) is 47.0 Å². The Morgan fingerprint density at radius 3 is 0.957 bits per heavy atom. The molecule has 0 aliphatic rings. The third-order valence-electron chi connectivity index (χ3n) is 2.20. The molecule has 11 heteroatoms. The average molecular weight is 448 g/mol. The van der Waals surface area contributed by atoms with E-state index in [1.54, 1.807) is 20.8 Å². The van der Waals surface area contributed by atoms with E-state index >= 15 is 0 Å². The van der Waals surface area contributed by atoms with Gasteiger partial charge in [0.15, 0.2) is 0 Å². The highest BCUT2D eigenvalue weighted by atomic mass is 35.8. The molecule has 0 saturated carbocycles. The van der Waals surface area contributed by atoms with E-state index in [2.05, 4.69) is 0 Å². The minimum absolute atomic E-state index is 0.655. The lowest BCUT2D eigenvalue weighted by Crippen LogP contribution is -2.42. The quantitative estimate of drug-likeness (QED) is 0.390. The number of hydrogen-bond acceptors (Lipinski definition) is 5. The van der Waals surface area contributed by atoms with Crippen molar-refractivity contribution in [2.24, 2.45) is 0 Å². The highest BCUT2D eigenvalue weighted by molar-refractivity contribution is 7.64. The molecular formula is C12H33Cl3O5Si3. The molecule has 0 aromatic heterocycles. The first-order valence-corrected chi connectivity index (χ1v) is 18.0. The van der Waals surface area contributed by atoms with Crippen LogP contribution in [0.3, 0.4) is 0 Å². The number of rotatable bonds is 8. The van der Waals surface area contributed by atoms with E-state index < -0.39 is 23.4 Å². The van der Waals surface area contributed by atoms with Crippen molar-refractivity contribution in [1.82, 2.24) is 0 Å². The van der Waals surface area contributed by atoms with E-state index in [1.807, 2.05) is 40.4 Å². The molecule has 0 aromatic carbocycles. The van der Waals surface area contributed by atoms with E-state index in [-0.39, 0.29) is 0 Å². The Hall–Kier alpha value is 1.32. The summed E-state index contributed by atoms with van der Waals surface area (Å²) in [6, 6.07) is -2.19. The molecule has 0 aliphatic carbocycles. The smallest absolute Gasteiger partial charge is 0.398 e. The fourth-order valence-corrected chi connectivity index (χ4v) is 2.98. The summed E-state index contributed by atoms with van der Waals surface area (Å²) in [5, 5.41) is 0. The van der Waals surface area contributed by atoms with Crippen LogP contribution in [-0.4, -0.2) is 57.4 Å². The second-order valence-corrected chi connectivity index (χ2v) is 21.1. The van der Waals surface area contributed by atoms with Crippen molar-refractivity contribution in [3.63, 3.8) is 0 Å². The van der Waals surface area contributed by atoms with Gasteiger partial charge < -0.3 is 22.1 Å². The van der Waals surface area contributed by atoms with Crippen LogP contribution < -0.4 is 0 Å². The minimum Gasteiger partial charge on any atom is -0.398 e. The fourth-order valence-electron chi connectivity index (χ4n) is 0.995. The summed E-state index contributed by atoms with van der Waals surface area (Å²) in [6.07, 6.45) is 0. The molecule has 0 atom stereocenters. The van der Waals surface area contributed by atoms with Gasteiger partial charge in [0.25, 0.3) is 0 Å². The first-order valence-electron chi connectivity index (χ1n) is 7.39. The molecule has 0 bridgehead atoms. The van der Waals surface area contributed by atoms with Gasteiger partial charge in [-0.1, -0.05) is 0 Å². The van der Waals surface area contributed by atoms with Gasteiger partial charge in [-0.15, -0.1) is 33.2 Å². The average Bonchev–Trinajstić information content (AvgIpc) is 2.38. The molecule has 0 saturated heterocycles. The van der Waals surface area contributed by atoms with Crippen molar-refractivity contribution in [3.8, 4) is 0 Å². The maximum absolute atomic E-state index is 5.40. The second-order valence-electron chi connectivity index (χ2n) is 4.75. The molecule has 0 fully saturated rings. The normalized spacial score (nSPS) is 12.0. The van der Waals surface area contributed by atoms with Crippen molar-refractivity contribution in [3.05, 3.63) is 0 Å². The van der Waals surface area contributed by atoms with E-state index in [1.165, 1.54) is 0 Å². The maximum Gasteiger partial charge on any atom is 0.497 e. The van der Waals surface area contributed by atoms with Crippen LogP contribution in [0.4, 0.5) is 0 Å². The lowest BCUT2D eigenvalue weighted by Gasteiger charge is -2.23. The Labute approximate surface area is 159 Å². The summed E-state index contributed by atoms with van der Waals surface area (Å²) in [4.78, 5) is 0. The number of hydrogen-bond donors (Lipinski definition) is 0. The Balaban J connectivity index is -0.000000286. The van der Waals surface area contributed by atoms with E-state index in [0.717, 1.165) is 0 Å². The largest absolute Gasteiger partial charge is 0.497 e. The van der Waals surface area contributed by atoms with E-state index in [9.17, 15) is 0 Å². The summed E-state index contributed by atoms with van der Waals surface area (Å²) in [5.41, 5.74) is 0. The lowest BCUT2D eigenvalue weighted by atomic mass is 10.9. The molecule has 23 heavy (non-hydrogen) atoms. The predicted octanol–water partition coefficient (Wildman–Crippen LogP) is 4.92. The van der Waals surface area contributed by atoms with Gasteiger partial charge in [-0.25, -0.2) is 0 Å². The number of halogens is 3. The minimum atomic E-state index is -2.25. The zero-order valence-electron chi connectivity index (χ0n) is 15.8. The van der Waals surface area contributed by atoms with Crippen LogP contribution in [-0.2, 0) is 22.1 Å². The molecule has 0 rings (SSSR count). The second kappa shape index (κ2) is 15.6. The van der Waals surface area contributed by atoms with Crippen LogP contribution in [0.25, 0.3) is 0 Å². The van der Waals surface area contributed by atoms with Crippen molar-refractivity contribution in [2.75, 3.05) is 34.0 Å². The highest BCUT2D eigenvalue weighted by Gasteiger charge is 2.32.